The van der Waals surface area contributed by atoms with E-state index in [0.29, 0.717) is 0 Å². The highest BCUT2D eigenvalue weighted by Crippen LogP contribution is 2.34. The van der Waals surface area contributed by atoms with E-state index in [0.717, 1.165) is 48.4 Å². The van der Waals surface area contributed by atoms with Crippen LogP contribution in [0.25, 0.3) is 0 Å². The van der Waals surface area contributed by atoms with E-state index in [1.54, 1.807) is 0 Å². The molecule has 1 aromatic rings. The van der Waals surface area contributed by atoms with Crippen LogP contribution in [0.4, 0.5) is 11.4 Å². The smallest absolute Gasteiger partial charge is 0.196 e. The van der Waals surface area contributed by atoms with Gasteiger partial charge in [-0.3, -0.25) is 0 Å². The molecule has 2 N–H and O–H groups in total. The molecule has 1 aromatic carbocycles. The fraction of sp³-hybridized carbons (Fsp3) is 0.500. The van der Waals surface area contributed by atoms with Gasteiger partial charge in [0.1, 0.15) is 0 Å². The Hall–Kier alpha value is -1.42. The molecule has 1 fully saturated rings. The lowest BCUT2D eigenvalue weighted by Gasteiger charge is -2.24. The van der Waals surface area contributed by atoms with E-state index in [-0.39, 0.29) is 0 Å². The zero-order valence-electron chi connectivity index (χ0n) is 11.8. The average Bonchev–Trinajstić information content (AvgIpc) is 2.92. The molecule has 1 aliphatic rings. The van der Waals surface area contributed by atoms with E-state index in [1.165, 1.54) is 5.69 Å². The highest BCUT2D eigenvalue weighted by molar-refractivity contribution is 6.34. The second-order valence-electron chi connectivity index (χ2n) is 4.53. The molecule has 1 heterocycles. The van der Waals surface area contributed by atoms with Gasteiger partial charge in [0.25, 0.3) is 0 Å². The quantitative estimate of drug-likeness (QED) is 0.891. The average molecular weight is 281 g/mol. The van der Waals surface area contributed by atoms with Gasteiger partial charge in [0, 0.05) is 31.9 Å². The topological polar surface area (TPSA) is 39.7 Å². The van der Waals surface area contributed by atoms with Crippen LogP contribution in [0.15, 0.2) is 17.1 Å². The lowest BCUT2D eigenvalue weighted by molar-refractivity contribution is 0.862. The number of halogens is 1. The molecule has 0 radical (unpaired) electrons. The number of guanidine groups is 1. The van der Waals surface area contributed by atoms with Crippen molar-refractivity contribution in [1.29, 1.82) is 0 Å². The number of hydrogen-bond donors (Lipinski definition) is 2. The van der Waals surface area contributed by atoms with Crippen LogP contribution in [0.3, 0.4) is 0 Å². The van der Waals surface area contributed by atoms with Crippen molar-refractivity contribution in [2.45, 2.75) is 20.8 Å². The van der Waals surface area contributed by atoms with Crippen LogP contribution in [0.5, 0.6) is 0 Å². The van der Waals surface area contributed by atoms with E-state index in [1.807, 2.05) is 6.07 Å². The summed E-state index contributed by atoms with van der Waals surface area (Å²) in [5.74, 6) is 0.803. The Morgan fingerprint density at radius 3 is 2.42 bits per heavy atom. The fourth-order valence-corrected chi connectivity index (χ4v) is 2.48. The van der Waals surface area contributed by atoms with Gasteiger partial charge in [-0.2, -0.15) is 0 Å². The Morgan fingerprint density at radius 1 is 1.21 bits per heavy atom. The third-order valence-corrected chi connectivity index (χ3v) is 3.86. The van der Waals surface area contributed by atoms with Crippen LogP contribution in [0, 0.1) is 6.92 Å². The number of nitrogens with zero attached hydrogens (tertiary/aromatic N) is 2. The van der Waals surface area contributed by atoms with Crippen LogP contribution in [0.2, 0.25) is 5.02 Å². The maximum atomic E-state index is 6.45. The SMILES string of the molecule is CCN(CC)c1ccc(N=C2NCCN2)c(Cl)c1C. The van der Waals surface area contributed by atoms with Crippen molar-refractivity contribution in [3.8, 4) is 0 Å². The van der Waals surface area contributed by atoms with Gasteiger partial charge >= 0.3 is 0 Å². The number of rotatable bonds is 4. The zero-order chi connectivity index (χ0) is 13.8. The molecule has 0 spiro atoms. The van der Waals surface area contributed by atoms with Crippen LogP contribution >= 0.6 is 11.6 Å². The van der Waals surface area contributed by atoms with Gasteiger partial charge < -0.3 is 15.5 Å². The normalized spacial score (nSPS) is 14.0. The second kappa shape index (κ2) is 6.15. The molecular formula is C14H21ClN4. The molecular weight excluding hydrogens is 260 g/mol. The van der Waals surface area contributed by atoms with Gasteiger partial charge in [-0.25, -0.2) is 4.99 Å². The maximum Gasteiger partial charge on any atom is 0.196 e. The summed E-state index contributed by atoms with van der Waals surface area (Å²) in [6.07, 6.45) is 0. The van der Waals surface area contributed by atoms with E-state index >= 15 is 0 Å². The molecule has 0 aliphatic carbocycles. The van der Waals surface area contributed by atoms with Gasteiger partial charge in [-0.05, 0) is 38.5 Å². The molecule has 0 unspecified atom stereocenters. The Kier molecular flexibility index (Phi) is 4.53. The van der Waals surface area contributed by atoms with Crippen molar-refractivity contribution in [3.63, 3.8) is 0 Å². The van der Waals surface area contributed by atoms with Gasteiger partial charge in [0.15, 0.2) is 5.96 Å². The third-order valence-electron chi connectivity index (χ3n) is 3.38. The number of hydrogen-bond acceptors (Lipinski definition) is 2. The predicted octanol–water partition coefficient (Wildman–Crippen LogP) is 2.67. The summed E-state index contributed by atoms with van der Waals surface area (Å²) in [5.41, 5.74) is 3.09. The minimum absolute atomic E-state index is 0.729. The molecule has 0 atom stereocenters. The van der Waals surface area contributed by atoms with Gasteiger partial charge in [0.05, 0.1) is 10.7 Å². The van der Waals surface area contributed by atoms with Gasteiger partial charge in [0.2, 0.25) is 0 Å². The molecule has 1 aliphatic heterocycles. The zero-order valence-corrected chi connectivity index (χ0v) is 12.5. The van der Waals surface area contributed by atoms with Gasteiger partial charge in [-0.1, -0.05) is 11.6 Å². The Labute approximate surface area is 119 Å². The predicted molar refractivity (Wildman–Crippen MR) is 82.9 cm³/mol. The summed E-state index contributed by atoms with van der Waals surface area (Å²) in [6, 6.07) is 4.08. The van der Waals surface area contributed by atoms with Crippen LogP contribution in [-0.4, -0.2) is 32.1 Å². The lowest BCUT2D eigenvalue weighted by atomic mass is 10.1. The first-order valence-corrected chi connectivity index (χ1v) is 7.15. The van der Waals surface area contributed by atoms with Gasteiger partial charge in [-0.15, -0.1) is 0 Å². The highest BCUT2D eigenvalue weighted by Gasteiger charge is 2.13. The van der Waals surface area contributed by atoms with E-state index in [4.69, 9.17) is 11.6 Å². The number of nitrogens with one attached hydrogen (secondary N) is 2. The first-order chi connectivity index (χ1) is 9.17. The van der Waals surface area contributed by atoms with Crippen LogP contribution in [0.1, 0.15) is 19.4 Å². The molecule has 104 valence electrons. The number of anilines is 1. The number of benzene rings is 1. The van der Waals surface area contributed by atoms with Crippen LogP contribution < -0.4 is 15.5 Å². The first kappa shape index (κ1) is 14.0. The standard InChI is InChI=1S/C14H21ClN4/c1-4-19(5-2)12-7-6-11(13(15)10(12)3)18-14-16-8-9-17-14/h6-7H,4-5,8-9H2,1-3H3,(H2,16,17,18). The summed E-state index contributed by atoms with van der Waals surface area (Å²) < 4.78 is 0. The Balaban J connectivity index is 2.34. The minimum atomic E-state index is 0.729. The van der Waals surface area contributed by atoms with Crippen molar-refractivity contribution in [2.24, 2.45) is 4.99 Å². The molecule has 4 nitrogen and oxygen atoms in total. The minimum Gasteiger partial charge on any atom is -0.372 e. The maximum absolute atomic E-state index is 6.45. The van der Waals surface area contributed by atoms with Crippen molar-refractivity contribution >= 4 is 28.9 Å². The first-order valence-electron chi connectivity index (χ1n) is 6.77. The molecule has 2 rings (SSSR count). The van der Waals surface area contributed by atoms with Crippen molar-refractivity contribution < 1.29 is 0 Å². The summed E-state index contributed by atoms with van der Waals surface area (Å²) in [5, 5.41) is 7.09. The van der Waals surface area contributed by atoms with E-state index < -0.39 is 0 Å². The fourth-order valence-electron chi connectivity index (χ4n) is 2.28. The lowest BCUT2D eigenvalue weighted by Crippen LogP contribution is -2.23. The largest absolute Gasteiger partial charge is 0.372 e. The molecule has 0 bridgehead atoms. The highest BCUT2D eigenvalue weighted by atomic mass is 35.5. The van der Waals surface area contributed by atoms with Crippen molar-refractivity contribution in [1.82, 2.24) is 10.6 Å². The molecule has 0 amide bonds. The summed E-state index contributed by atoms with van der Waals surface area (Å²) in [6.45, 7) is 10.1. The molecule has 1 saturated heterocycles. The second-order valence-corrected chi connectivity index (χ2v) is 4.91. The monoisotopic (exact) mass is 280 g/mol. The summed E-state index contributed by atoms with van der Waals surface area (Å²) >= 11 is 6.45. The van der Waals surface area contributed by atoms with Crippen molar-refractivity contribution in [3.05, 3.63) is 22.7 Å². The molecule has 19 heavy (non-hydrogen) atoms. The molecule has 5 heteroatoms. The summed E-state index contributed by atoms with van der Waals surface area (Å²) in [4.78, 5) is 6.81. The molecule has 0 aromatic heterocycles. The van der Waals surface area contributed by atoms with E-state index in [9.17, 15) is 0 Å². The third kappa shape index (κ3) is 2.95. The van der Waals surface area contributed by atoms with Crippen LogP contribution in [-0.2, 0) is 0 Å². The van der Waals surface area contributed by atoms with E-state index in [2.05, 4.69) is 47.4 Å². The molecule has 0 saturated carbocycles. The summed E-state index contributed by atoms with van der Waals surface area (Å²) in [7, 11) is 0. The van der Waals surface area contributed by atoms with Crippen molar-refractivity contribution in [2.75, 3.05) is 31.1 Å². The number of aliphatic imine (C=N–C) groups is 1. The Morgan fingerprint density at radius 2 is 1.84 bits per heavy atom. The Bertz CT molecular complexity index is 473.